The van der Waals surface area contributed by atoms with E-state index < -0.39 is 12.1 Å². The molecule has 1 fully saturated rings. The van der Waals surface area contributed by atoms with E-state index in [0.29, 0.717) is 10.7 Å². The molecule has 2 aromatic rings. The van der Waals surface area contributed by atoms with Gasteiger partial charge in [0.15, 0.2) is 0 Å². The van der Waals surface area contributed by atoms with Crippen LogP contribution in [0.5, 0.6) is 0 Å². The van der Waals surface area contributed by atoms with Crippen LogP contribution in [0.4, 0.5) is 5.69 Å². The first-order valence-corrected chi connectivity index (χ1v) is 10.2. The summed E-state index contributed by atoms with van der Waals surface area (Å²) in [5, 5.41) is 24.5. The van der Waals surface area contributed by atoms with Gasteiger partial charge in [0.2, 0.25) is 5.91 Å². The second-order valence-corrected chi connectivity index (χ2v) is 7.92. The van der Waals surface area contributed by atoms with Gasteiger partial charge in [-0.1, -0.05) is 36.6 Å². The van der Waals surface area contributed by atoms with Crippen LogP contribution in [0.1, 0.15) is 31.2 Å². The number of aliphatic hydroxyl groups excluding tert-OH is 1. The predicted octanol–water partition coefficient (Wildman–Crippen LogP) is 2.64. The summed E-state index contributed by atoms with van der Waals surface area (Å²) in [4.78, 5) is 13.1. The molecule has 3 atom stereocenters. The van der Waals surface area contributed by atoms with Crippen LogP contribution in [0.15, 0.2) is 53.9 Å². The lowest BCUT2D eigenvalue weighted by molar-refractivity contribution is -0.123. The molecule has 1 aliphatic heterocycles. The van der Waals surface area contributed by atoms with Gasteiger partial charge in [0, 0.05) is 23.8 Å². The molecule has 29 heavy (non-hydrogen) atoms. The smallest absolute Gasteiger partial charge is 0.249 e. The Bertz CT molecular complexity index is 937. The topological polar surface area (TPSA) is 82.8 Å². The number of hydrogen-bond donors (Lipinski definition) is 2. The number of rotatable bonds is 4. The van der Waals surface area contributed by atoms with Gasteiger partial charge in [-0.2, -0.15) is 10.2 Å². The number of aromatic nitrogens is 2. The van der Waals surface area contributed by atoms with Gasteiger partial charge in [-0.25, -0.2) is 5.01 Å². The fourth-order valence-electron chi connectivity index (χ4n) is 3.74. The van der Waals surface area contributed by atoms with Crippen LogP contribution in [0.2, 0.25) is 5.02 Å². The lowest BCUT2D eigenvalue weighted by Crippen LogP contribution is -2.52. The number of allylic oxidation sites excluding steroid dienone is 1. The minimum Gasteiger partial charge on any atom is -0.391 e. The van der Waals surface area contributed by atoms with Crippen LogP contribution in [-0.4, -0.2) is 44.7 Å². The number of carbonyl (C=O) groups is 1. The molecule has 0 spiro atoms. The van der Waals surface area contributed by atoms with Crippen molar-refractivity contribution in [2.45, 2.75) is 43.9 Å². The molecule has 1 aliphatic carbocycles. The van der Waals surface area contributed by atoms with Crippen molar-refractivity contribution in [1.29, 1.82) is 0 Å². The van der Waals surface area contributed by atoms with Crippen LogP contribution in [0.3, 0.4) is 0 Å². The average molecular weight is 414 g/mol. The Morgan fingerprint density at radius 2 is 2.00 bits per heavy atom. The van der Waals surface area contributed by atoms with Gasteiger partial charge in [-0.05, 0) is 37.1 Å². The molecule has 1 unspecified atom stereocenters. The van der Waals surface area contributed by atoms with Gasteiger partial charge < -0.3 is 10.4 Å². The molecule has 0 saturated heterocycles. The fourth-order valence-corrected chi connectivity index (χ4v) is 3.87. The van der Waals surface area contributed by atoms with Gasteiger partial charge >= 0.3 is 0 Å². The average Bonchev–Trinajstić information content (AvgIpc) is 3.16. The van der Waals surface area contributed by atoms with Gasteiger partial charge in [-0.15, -0.1) is 0 Å². The summed E-state index contributed by atoms with van der Waals surface area (Å²) in [6, 6.07) is 6.57. The van der Waals surface area contributed by atoms with Crippen LogP contribution < -0.4 is 10.3 Å². The third-order valence-electron chi connectivity index (χ3n) is 5.34. The number of hydrogen-bond acceptors (Lipinski definition) is 5. The lowest BCUT2D eigenvalue weighted by Gasteiger charge is -2.33. The highest BCUT2D eigenvalue weighted by Crippen LogP contribution is 2.24. The minimum absolute atomic E-state index is 0.185. The van der Waals surface area contributed by atoms with Gasteiger partial charge in [0.1, 0.15) is 6.04 Å². The highest BCUT2D eigenvalue weighted by atomic mass is 35.5. The maximum atomic E-state index is 13.1. The van der Waals surface area contributed by atoms with E-state index in [1.807, 2.05) is 49.7 Å². The van der Waals surface area contributed by atoms with E-state index in [0.717, 1.165) is 37.0 Å². The zero-order chi connectivity index (χ0) is 20.4. The Hall–Kier alpha value is -2.64. The predicted molar refractivity (Wildman–Crippen MR) is 113 cm³/mol. The maximum absolute atomic E-state index is 13.1. The quantitative estimate of drug-likeness (QED) is 0.807. The molecule has 1 aromatic carbocycles. The van der Waals surface area contributed by atoms with E-state index in [-0.39, 0.29) is 11.9 Å². The number of carbonyl (C=O) groups excluding carboxylic acids is 1. The van der Waals surface area contributed by atoms with Crippen LogP contribution in [-0.2, 0) is 11.8 Å². The first kappa shape index (κ1) is 19.7. The first-order valence-electron chi connectivity index (χ1n) is 9.80. The third kappa shape index (κ3) is 4.36. The maximum Gasteiger partial charge on any atom is 0.249 e. The first-order chi connectivity index (χ1) is 14.0. The summed E-state index contributed by atoms with van der Waals surface area (Å²) in [5.41, 5.74) is 2.35. The molecule has 2 N–H and O–H groups in total. The molecule has 0 radical (unpaired) electrons. The Labute approximate surface area is 174 Å². The fraction of sp³-hybridized carbons (Fsp3) is 0.381. The summed E-state index contributed by atoms with van der Waals surface area (Å²) in [6.07, 6.45) is 10.2. The highest BCUT2D eigenvalue weighted by Gasteiger charge is 2.32. The molecule has 1 saturated carbocycles. The van der Waals surface area contributed by atoms with Crippen molar-refractivity contribution in [3.8, 4) is 0 Å². The zero-order valence-electron chi connectivity index (χ0n) is 16.2. The molecule has 2 aliphatic rings. The van der Waals surface area contributed by atoms with Crippen molar-refractivity contribution in [1.82, 2.24) is 15.1 Å². The Balaban J connectivity index is 1.60. The summed E-state index contributed by atoms with van der Waals surface area (Å²) >= 11 is 5.99. The van der Waals surface area contributed by atoms with E-state index in [9.17, 15) is 9.90 Å². The minimum atomic E-state index is -0.621. The number of nitrogens with zero attached hydrogens (tertiary/aromatic N) is 4. The summed E-state index contributed by atoms with van der Waals surface area (Å²) in [6.45, 7) is 0. The van der Waals surface area contributed by atoms with E-state index in [2.05, 4.69) is 10.4 Å². The Kier molecular flexibility index (Phi) is 5.69. The van der Waals surface area contributed by atoms with Crippen molar-refractivity contribution in [2.75, 3.05) is 5.01 Å². The Morgan fingerprint density at radius 3 is 2.69 bits per heavy atom. The van der Waals surface area contributed by atoms with E-state index >= 15 is 0 Å². The largest absolute Gasteiger partial charge is 0.391 e. The highest BCUT2D eigenvalue weighted by molar-refractivity contribution is 6.30. The van der Waals surface area contributed by atoms with Crippen LogP contribution in [0.25, 0.3) is 0 Å². The van der Waals surface area contributed by atoms with Gasteiger partial charge in [0.05, 0.1) is 29.7 Å². The molecule has 7 nitrogen and oxygen atoms in total. The molecular weight excluding hydrogens is 390 g/mol. The second kappa shape index (κ2) is 8.39. The van der Waals surface area contributed by atoms with Crippen molar-refractivity contribution >= 4 is 28.9 Å². The van der Waals surface area contributed by atoms with Crippen molar-refractivity contribution in [3.05, 3.63) is 59.4 Å². The van der Waals surface area contributed by atoms with Crippen molar-refractivity contribution in [2.24, 2.45) is 12.1 Å². The lowest BCUT2D eigenvalue weighted by atomic mass is 9.92. The molecule has 4 rings (SSSR count). The SMILES string of the molecule is Cn1cc(N2N=C(c3ccc(Cl)cc3)C=CC2C(=O)N[C@H]2CCCC[C@H]2O)cn1. The van der Waals surface area contributed by atoms with Crippen molar-refractivity contribution in [3.63, 3.8) is 0 Å². The summed E-state index contributed by atoms with van der Waals surface area (Å²) < 4.78 is 1.67. The number of amides is 1. The molecule has 0 bridgehead atoms. The molecule has 1 aromatic heterocycles. The molecule has 152 valence electrons. The summed E-state index contributed by atoms with van der Waals surface area (Å²) in [7, 11) is 1.82. The molecule has 8 heteroatoms. The number of benzene rings is 1. The molecule has 2 heterocycles. The number of anilines is 1. The van der Waals surface area contributed by atoms with Crippen LogP contribution in [0, 0.1) is 0 Å². The molecular formula is C21H24ClN5O2. The van der Waals surface area contributed by atoms with E-state index in [1.165, 1.54) is 0 Å². The van der Waals surface area contributed by atoms with Gasteiger partial charge in [0.25, 0.3) is 0 Å². The van der Waals surface area contributed by atoms with E-state index in [1.54, 1.807) is 15.9 Å². The number of nitrogens with one attached hydrogen (secondary N) is 1. The summed E-state index contributed by atoms with van der Waals surface area (Å²) in [5.74, 6) is -0.185. The molecule has 1 amide bonds. The van der Waals surface area contributed by atoms with Gasteiger partial charge in [-0.3, -0.25) is 9.48 Å². The number of hydrazone groups is 1. The Morgan fingerprint density at radius 1 is 1.24 bits per heavy atom. The number of aryl methyl sites for hydroxylation is 1. The number of aliphatic hydroxyl groups is 1. The van der Waals surface area contributed by atoms with Crippen molar-refractivity contribution < 1.29 is 9.90 Å². The number of halogens is 1. The second-order valence-electron chi connectivity index (χ2n) is 7.48. The third-order valence-corrected chi connectivity index (χ3v) is 5.59. The normalized spacial score (nSPS) is 24.3. The van der Waals surface area contributed by atoms with E-state index in [4.69, 9.17) is 16.7 Å². The monoisotopic (exact) mass is 413 g/mol. The van der Waals surface area contributed by atoms with Crippen LogP contribution >= 0.6 is 11.6 Å². The standard InChI is InChI=1S/C21H24ClN5O2/c1-26-13-16(12-23-26)27-19(21(29)24-18-4-2-3-5-20(18)28)11-10-17(25-27)14-6-8-15(22)9-7-14/h6-13,18-20,28H,2-5H2,1H3,(H,24,29)/t18-,19?,20+/m0/s1. The zero-order valence-corrected chi connectivity index (χ0v) is 17.0.